The number of oxime groups is 1. The van der Waals surface area contributed by atoms with E-state index >= 15 is 0 Å². The number of aliphatic carboxylic acids is 1. The maximum absolute atomic E-state index is 12.7. The fourth-order valence-corrected chi connectivity index (χ4v) is 8.70. The summed E-state index contributed by atoms with van der Waals surface area (Å²) in [6.45, 7) is 7.87. The van der Waals surface area contributed by atoms with Crippen molar-refractivity contribution in [2.45, 2.75) is 103 Å². The molecule has 0 aromatic carbocycles. The SMILES string of the molecule is C#C[C@@]1(O)CC[C@@H]2[C@@H]3CCC4=C/C(=N\OCC(=O)N[C@H](C(=O)N[C@H](CS)CC(=O)O)C(C)C)CC[C@]4(C)[C@@H]3CC[C@@]21C. The smallest absolute Gasteiger partial charge is 0.305 e. The summed E-state index contributed by atoms with van der Waals surface area (Å²) in [5, 5.41) is 29.9. The minimum Gasteiger partial charge on any atom is -0.481 e. The summed E-state index contributed by atoms with van der Waals surface area (Å²) in [6, 6.07) is -1.48. The lowest BCUT2D eigenvalue weighted by Crippen LogP contribution is -2.54. The first-order valence-electron chi connectivity index (χ1n) is 15.3. The van der Waals surface area contributed by atoms with E-state index in [0.717, 1.165) is 50.7 Å². The lowest BCUT2D eigenvalue weighted by molar-refractivity contribution is -0.138. The number of carboxylic acid groups (broad SMARTS) is 1. The third kappa shape index (κ3) is 6.10. The number of terminal acetylenes is 1. The highest BCUT2D eigenvalue weighted by molar-refractivity contribution is 7.80. The molecule has 0 aromatic rings. The molecule has 3 saturated carbocycles. The molecular weight excluding hydrogens is 554 g/mol. The third-order valence-electron chi connectivity index (χ3n) is 11.0. The number of thiol groups is 1. The molecule has 0 spiro atoms. The lowest BCUT2D eigenvalue weighted by atomic mass is 9.46. The van der Waals surface area contributed by atoms with Crippen molar-refractivity contribution in [3.8, 4) is 12.3 Å². The fraction of sp³-hybridized carbons (Fsp3) is 0.750. The Morgan fingerprint density at radius 3 is 2.50 bits per heavy atom. The second-order valence-electron chi connectivity index (χ2n) is 13.6. The van der Waals surface area contributed by atoms with Crippen molar-refractivity contribution in [2.24, 2.45) is 39.7 Å². The van der Waals surface area contributed by atoms with E-state index in [4.69, 9.17) is 16.4 Å². The molecule has 4 aliphatic rings. The first kappa shape index (κ1) is 32.4. The van der Waals surface area contributed by atoms with Crippen LogP contribution in [0.1, 0.15) is 85.5 Å². The number of carbonyl (C=O) groups is 3. The summed E-state index contributed by atoms with van der Waals surface area (Å²) in [6.07, 6.45) is 15.2. The molecule has 2 amide bonds. The number of aliphatic hydroxyl groups is 1. The summed E-state index contributed by atoms with van der Waals surface area (Å²) in [5.74, 6) is 2.30. The second kappa shape index (κ2) is 12.6. The average Bonchev–Trinajstić information content (AvgIpc) is 3.21. The monoisotopic (exact) mass is 601 g/mol. The number of fused-ring (bicyclic) bond motifs is 5. The van der Waals surface area contributed by atoms with E-state index in [2.05, 4.69) is 54.3 Å². The van der Waals surface area contributed by atoms with Crippen molar-refractivity contribution >= 4 is 36.1 Å². The Bertz CT molecular complexity index is 1180. The minimum atomic E-state index is -1.04. The van der Waals surface area contributed by atoms with Gasteiger partial charge in [-0.15, -0.1) is 6.42 Å². The van der Waals surface area contributed by atoms with Crippen molar-refractivity contribution in [2.75, 3.05) is 12.4 Å². The van der Waals surface area contributed by atoms with Gasteiger partial charge in [0.2, 0.25) is 5.91 Å². The number of carboxylic acids is 1. The van der Waals surface area contributed by atoms with Crippen molar-refractivity contribution in [3.63, 3.8) is 0 Å². The minimum absolute atomic E-state index is 0.0842. The fourth-order valence-electron chi connectivity index (χ4n) is 8.48. The van der Waals surface area contributed by atoms with Gasteiger partial charge < -0.3 is 25.7 Å². The van der Waals surface area contributed by atoms with Crippen molar-refractivity contribution in [1.29, 1.82) is 0 Å². The number of carbonyl (C=O) groups excluding carboxylic acids is 2. The van der Waals surface area contributed by atoms with Crippen LogP contribution >= 0.6 is 12.6 Å². The molecular formula is C32H47N3O6S. The number of allylic oxidation sites excluding steroid dienone is 2. The van der Waals surface area contributed by atoms with Crippen LogP contribution in [0.2, 0.25) is 0 Å². The molecule has 3 fully saturated rings. The van der Waals surface area contributed by atoms with Gasteiger partial charge in [-0.3, -0.25) is 14.4 Å². The van der Waals surface area contributed by atoms with Crippen molar-refractivity contribution < 1.29 is 29.4 Å². The van der Waals surface area contributed by atoms with Crippen LogP contribution in [0.4, 0.5) is 0 Å². The second-order valence-corrected chi connectivity index (χ2v) is 14.0. The summed E-state index contributed by atoms with van der Waals surface area (Å²) in [7, 11) is 0. The highest BCUT2D eigenvalue weighted by Crippen LogP contribution is 2.67. The number of amides is 2. The third-order valence-corrected chi connectivity index (χ3v) is 11.4. The number of rotatable bonds is 10. The molecule has 232 valence electrons. The summed E-state index contributed by atoms with van der Waals surface area (Å²) >= 11 is 4.11. The van der Waals surface area contributed by atoms with Gasteiger partial charge in [0.25, 0.3) is 5.91 Å². The van der Waals surface area contributed by atoms with E-state index in [0.29, 0.717) is 24.2 Å². The molecule has 4 aliphatic carbocycles. The summed E-state index contributed by atoms with van der Waals surface area (Å²) in [5.41, 5.74) is 1.09. The van der Waals surface area contributed by atoms with Gasteiger partial charge in [0, 0.05) is 17.2 Å². The zero-order valence-corrected chi connectivity index (χ0v) is 26.2. The van der Waals surface area contributed by atoms with Crippen LogP contribution in [0.5, 0.6) is 0 Å². The van der Waals surface area contributed by atoms with Gasteiger partial charge in [-0.2, -0.15) is 12.6 Å². The van der Waals surface area contributed by atoms with Crippen LogP contribution in [-0.4, -0.2) is 63.8 Å². The van der Waals surface area contributed by atoms with Gasteiger partial charge in [-0.05, 0) is 86.5 Å². The quantitative estimate of drug-likeness (QED) is 0.147. The number of nitrogens with zero attached hydrogens (tertiary/aromatic N) is 1. The Labute approximate surface area is 255 Å². The molecule has 4 rings (SSSR count). The standard InChI is InChI=1S/C32H47N3O6S/c1-6-32(40)14-11-25-23-8-7-20-15-21(9-12-30(20,4)24(23)10-13-31(25,32)5)35-41-17-26(36)34-28(19(2)3)29(39)33-22(18-42)16-27(37)38/h1,15,19,22-25,28,40,42H,7-14,16-18H2,2-5H3,(H,33,39)(H,34,36)(H,37,38)/b35-21-/t22-,23+,24+,25+,28-,30-,31-,32+/m0/s1. The van der Waals surface area contributed by atoms with E-state index < -0.39 is 35.5 Å². The van der Waals surface area contributed by atoms with Crippen molar-refractivity contribution in [3.05, 3.63) is 11.6 Å². The van der Waals surface area contributed by atoms with Crippen LogP contribution in [0, 0.1) is 46.8 Å². The predicted octanol–water partition coefficient (Wildman–Crippen LogP) is 3.72. The van der Waals surface area contributed by atoms with E-state index in [9.17, 15) is 19.5 Å². The van der Waals surface area contributed by atoms with Crippen LogP contribution in [0.3, 0.4) is 0 Å². The first-order valence-corrected chi connectivity index (χ1v) is 15.9. The average molecular weight is 602 g/mol. The molecule has 42 heavy (non-hydrogen) atoms. The van der Waals surface area contributed by atoms with E-state index in [1.165, 1.54) is 5.57 Å². The molecule has 0 heterocycles. The highest BCUT2D eigenvalue weighted by Gasteiger charge is 2.63. The zero-order chi connectivity index (χ0) is 30.9. The number of hydrogen-bond acceptors (Lipinski definition) is 7. The highest BCUT2D eigenvalue weighted by atomic mass is 32.1. The number of nitrogens with one attached hydrogen (secondary N) is 2. The zero-order valence-electron chi connectivity index (χ0n) is 25.3. The van der Waals surface area contributed by atoms with Crippen LogP contribution < -0.4 is 10.6 Å². The van der Waals surface area contributed by atoms with E-state index in [1.54, 1.807) is 13.8 Å². The Kier molecular flexibility index (Phi) is 9.73. The maximum atomic E-state index is 12.7. The van der Waals surface area contributed by atoms with E-state index in [-0.39, 0.29) is 35.5 Å². The van der Waals surface area contributed by atoms with Crippen LogP contribution in [-0.2, 0) is 19.2 Å². The Morgan fingerprint density at radius 1 is 1.14 bits per heavy atom. The predicted molar refractivity (Wildman–Crippen MR) is 164 cm³/mol. The van der Waals surface area contributed by atoms with Crippen LogP contribution in [0.15, 0.2) is 16.8 Å². The molecule has 0 aliphatic heterocycles. The summed E-state index contributed by atoms with van der Waals surface area (Å²) in [4.78, 5) is 41.8. The molecule has 0 unspecified atom stereocenters. The largest absolute Gasteiger partial charge is 0.481 e. The van der Waals surface area contributed by atoms with E-state index in [1.807, 2.05) is 0 Å². The van der Waals surface area contributed by atoms with Gasteiger partial charge in [0.05, 0.1) is 12.1 Å². The van der Waals surface area contributed by atoms with Gasteiger partial charge in [-0.1, -0.05) is 44.3 Å². The molecule has 0 bridgehead atoms. The summed E-state index contributed by atoms with van der Waals surface area (Å²) < 4.78 is 0. The Balaban J connectivity index is 1.35. The van der Waals surface area contributed by atoms with Crippen molar-refractivity contribution in [1.82, 2.24) is 10.6 Å². The molecule has 0 saturated heterocycles. The molecule has 0 aromatic heterocycles. The Morgan fingerprint density at radius 2 is 1.86 bits per heavy atom. The maximum Gasteiger partial charge on any atom is 0.305 e. The van der Waals surface area contributed by atoms with Gasteiger partial charge in [0.1, 0.15) is 11.6 Å². The molecule has 9 nitrogen and oxygen atoms in total. The Hall–Kier alpha value is -2.51. The lowest BCUT2D eigenvalue weighted by Gasteiger charge is -2.58. The van der Waals surface area contributed by atoms with Gasteiger partial charge in [0.15, 0.2) is 6.61 Å². The first-order chi connectivity index (χ1) is 19.8. The number of hydrogen-bond donors (Lipinski definition) is 5. The van der Waals surface area contributed by atoms with Gasteiger partial charge >= 0.3 is 5.97 Å². The molecule has 8 atom stereocenters. The van der Waals surface area contributed by atoms with Gasteiger partial charge in [-0.25, -0.2) is 0 Å². The molecule has 0 radical (unpaired) electrons. The molecule has 4 N–H and O–H groups in total. The topological polar surface area (TPSA) is 137 Å². The normalized spacial score (nSPS) is 36.0. The molecule has 10 heteroatoms. The van der Waals surface area contributed by atoms with Crippen LogP contribution in [0.25, 0.3) is 0 Å².